The number of hydrogen-bond donors (Lipinski definition) is 2. The van der Waals surface area contributed by atoms with Crippen molar-refractivity contribution < 1.29 is 18.9 Å². The summed E-state index contributed by atoms with van der Waals surface area (Å²) >= 11 is 0. The lowest BCUT2D eigenvalue weighted by molar-refractivity contribution is 0.206. The summed E-state index contributed by atoms with van der Waals surface area (Å²) < 4.78 is 13.6. The van der Waals surface area contributed by atoms with E-state index >= 15 is 0 Å². The molecule has 0 aromatic carbocycles. The lowest BCUT2D eigenvalue weighted by Crippen LogP contribution is -1.84. The number of hydrogen-bond acceptors (Lipinski definition) is 2. The van der Waals surface area contributed by atoms with Gasteiger partial charge < -0.3 is 9.79 Å². The van der Waals surface area contributed by atoms with Gasteiger partial charge in [-0.05, 0) is 6.92 Å². The fraction of sp³-hybridized carbons (Fsp3) is 1.00. The standard InChI is InChI=1S/C2H7O4P.H3P/c1-2-6-7(3,4)5;/h2H2,1H3,(H2,3,4,5);1H3. The Balaban J connectivity index is 0. The highest BCUT2D eigenvalue weighted by molar-refractivity contribution is 7.46. The minimum Gasteiger partial charge on any atom is -0.303 e. The Bertz CT molecular complexity index is 86.0. The molecule has 4 nitrogen and oxygen atoms in total. The van der Waals surface area contributed by atoms with Crippen molar-refractivity contribution in [3.8, 4) is 0 Å². The van der Waals surface area contributed by atoms with Gasteiger partial charge in [-0.3, -0.25) is 4.52 Å². The summed E-state index contributed by atoms with van der Waals surface area (Å²) in [4.78, 5) is 15.8. The van der Waals surface area contributed by atoms with E-state index in [1.54, 1.807) is 0 Å². The van der Waals surface area contributed by atoms with Crippen LogP contribution in [0.5, 0.6) is 0 Å². The van der Waals surface area contributed by atoms with Crippen molar-refractivity contribution in [1.82, 2.24) is 0 Å². The summed E-state index contributed by atoms with van der Waals surface area (Å²) in [5.74, 6) is 0. The van der Waals surface area contributed by atoms with Gasteiger partial charge in [0.05, 0.1) is 6.61 Å². The molecule has 1 unspecified atom stereocenters. The molecule has 0 aromatic rings. The average Bonchev–Trinajstić information content (AvgIpc) is 1.30. The van der Waals surface area contributed by atoms with Crippen molar-refractivity contribution in [2.45, 2.75) is 6.92 Å². The van der Waals surface area contributed by atoms with Gasteiger partial charge in [0.2, 0.25) is 0 Å². The quantitative estimate of drug-likeness (QED) is 0.565. The van der Waals surface area contributed by atoms with Crippen LogP contribution in [0.1, 0.15) is 6.92 Å². The van der Waals surface area contributed by atoms with Crippen LogP contribution in [0, 0.1) is 0 Å². The monoisotopic (exact) mass is 160 g/mol. The van der Waals surface area contributed by atoms with Crippen LogP contribution in [0.2, 0.25) is 0 Å². The van der Waals surface area contributed by atoms with E-state index < -0.39 is 7.82 Å². The molecule has 0 saturated carbocycles. The maximum absolute atomic E-state index is 9.70. The lowest BCUT2D eigenvalue weighted by Gasteiger charge is -1.98. The van der Waals surface area contributed by atoms with Crippen molar-refractivity contribution in [1.29, 1.82) is 0 Å². The first-order chi connectivity index (χ1) is 3.06. The second-order valence-corrected chi connectivity index (χ2v) is 2.15. The van der Waals surface area contributed by atoms with Gasteiger partial charge in [-0.2, -0.15) is 9.90 Å². The van der Waals surface area contributed by atoms with Crippen LogP contribution in [-0.4, -0.2) is 16.4 Å². The summed E-state index contributed by atoms with van der Waals surface area (Å²) in [5.41, 5.74) is 0. The van der Waals surface area contributed by atoms with Gasteiger partial charge in [0.15, 0.2) is 0 Å². The number of phosphoric ester groups is 1. The molecular weight excluding hydrogens is 150 g/mol. The maximum atomic E-state index is 9.70. The third-order valence-electron chi connectivity index (χ3n) is 0.297. The average molecular weight is 160 g/mol. The fourth-order valence-corrected chi connectivity index (χ4v) is 0.505. The van der Waals surface area contributed by atoms with Crippen LogP contribution in [0.15, 0.2) is 0 Å². The Labute approximate surface area is 51.1 Å². The highest BCUT2D eigenvalue weighted by Gasteiger charge is 2.10. The van der Waals surface area contributed by atoms with E-state index in [-0.39, 0.29) is 16.5 Å². The van der Waals surface area contributed by atoms with Crippen molar-refractivity contribution >= 4 is 17.7 Å². The minimum absolute atomic E-state index is 0. The molecule has 0 aliphatic carbocycles. The highest BCUT2D eigenvalue weighted by atomic mass is 31.2. The molecule has 52 valence electrons. The molecule has 8 heavy (non-hydrogen) atoms. The topological polar surface area (TPSA) is 66.8 Å². The molecule has 0 heterocycles. The van der Waals surface area contributed by atoms with Crippen LogP contribution >= 0.6 is 17.7 Å². The molecule has 0 fully saturated rings. The smallest absolute Gasteiger partial charge is 0.303 e. The fourth-order valence-electron chi connectivity index (χ4n) is 0.168. The van der Waals surface area contributed by atoms with Crippen LogP contribution in [0.4, 0.5) is 0 Å². The van der Waals surface area contributed by atoms with Gasteiger partial charge in [0.1, 0.15) is 0 Å². The van der Waals surface area contributed by atoms with E-state index in [0.717, 1.165) is 0 Å². The molecule has 0 radical (unpaired) electrons. The molecule has 0 aliphatic heterocycles. The van der Waals surface area contributed by atoms with E-state index in [1.165, 1.54) is 6.92 Å². The third kappa shape index (κ3) is 9.74. The molecule has 0 amide bonds. The largest absolute Gasteiger partial charge is 0.469 e. The summed E-state index contributed by atoms with van der Waals surface area (Å²) in [5, 5.41) is 0. The molecule has 6 heteroatoms. The van der Waals surface area contributed by atoms with E-state index in [1.807, 2.05) is 0 Å². The summed E-state index contributed by atoms with van der Waals surface area (Å²) in [6.07, 6.45) is 0. The summed E-state index contributed by atoms with van der Waals surface area (Å²) in [6.45, 7) is 1.56. The second kappa shape index (κ2) is 4.42. The molecular formula is C2H10O4P2. The predicted octanol–water partition coefficient (Wildman–Crippen LogP) is 0.174. The Morgan fingerprint density at radius 1 is 1.62 bits per heavy atom. The van der Waals surface area contributed by atoms with Gasteiger partial charge in [0, 0.05) is 0 Å². The predicted molar refractivity (Wildman–Crippen MR) is 34.8 cm³/mol. The molecule has 0 bridgehead atoms. The summed E-state index contributed by atoms with van der Waals surface area (Å²) in [7, 11) is -4.17. The highest BCUT2D eigenvalue weighted by Crippen LogP contribution is 2.34. The van der Waals surface area contributed by atoms with Crippen LogP contribution < -0.4 is 0 Å². The number of phosphoric acid groups is 1. The van der Waals surface area contributed by atoms with E-state index in [4.69, 9.17) is 9.79 Å². The molecule has 0 aromatic heterocycles. The van der Waals surface area contributed by atoms with Crippen molar-refractivity contribution in [3.05, 3.63) is 0 Å². The first-order valence-corrected chi connectivity index (χ1v) is 3.29. The first kappa shape index (κ1) is 11.4. The third-order valence-corrected chi connectivity index (χ3v) is 0.892. The second-order valence-electron chi connectivity index (χ2n) is 0.908. The van der Waals surface area contributed by atoms with Gasteiger partial charge >= 0.3 is 7.82 Å². The van der Waals surface area contributed by atoms with Crippen LogP contribution in [-0.2, 0) is 9.09 Å². The van der Waals surface area contributed by atoms with Gasteiger partial charge in [-0.15, -0.1) is 0 Å². The Kier molecular flexibility index (Phi) is 6.27. The minimum atomic E-state index is -4.17. The number of rotatable bonds is 2. The van der Waals surface area contributed by atoms with Crippen LogP contribution in [0.25, 0.3) is 0 Å². The zero-order chi connectivity index (χ0) is 5.91. The van der Waals surface area contributed by atoms with Gasteiger partial charge in [0.25, 0.3) is 0 Å². The van der Waals surface area contributed by atoms with Gasteiger partial charge in [-0.25, -0.2) is 4.57 Å². The van der Waals surface area contributed by atoms with E-state index in [2.05, 4.69) is 4.52 Å². The normalized spacial score (nSPS) is 10.4. The van der Waals surface area contributed by atoms with Crippen LogP contribution in [0.3, 0.4) is 0 Å². The lowest BCUT2D eigenvalue weighted by atomic mass is 10.9. The molecule has 0 saturated heterocycles. The molecule has 0 spiro atoms. The maximum Gasteiger partial charge on any atom is 0.469 e. The first-order valence-electron chi connectivity index (χ1n) is 1.76. The van der Waals surface area contributed by atoms with E-state index in [0.29, 0.717) is 0 Å². The SMILES string of the molecule is CCOP(=O)(O)O.P. The Morgan fingerprint density at radius 2 is 2.00 bits per heavy atom. The zero-order valence-electron chi connectivity index (χ0n) is 4.57. The summed E-state index contributed by atoms with van der Waals surface area (Å²) in [6, 6.07) is 0. The molecule has 2 N–H and O–H groups in total. The molecule has 0 aliphatic rings. The van der Waals surface area contributed by atoms with Crippen molar-refractivity contribution in [3.63, 3.8) is 0 Å². The Morgan fingerprint density at radius 3 is 2.00 bits per heavy atom. The van der Waals surface area contributed by atoms with Crippen molar-refractivity contribution in [2.24, 2.45) is 0 Å². The van der Waals surface area contributed by atoms with Gasteiger partial charge in [-0.1, -0.05) is 0 Å². The molecule has 1 atom stereocenters. The van der Waals surface area contributed by atoms with E-state index in [9.17, 15) is 4.57 Å². The molecule has 0 rings (SSSR count). The Hall–Kier alpha value is 0.540. The zero-order valence-corrected chi connectivity index (χ0v) is 6.88. The van der Waals surface area contributed by atoms with Crippen molar-refractivity contribution in [2.75, 3.05) is 6.61 Å².